The fraction of sp³-hybridized carbons (Fsp3) is 0.529. The fourth-order valence-electron chi connectivity index (χ4n) is 2.54. The van der Waals surface area contributed by atoms with Gasteiger partial charge in [0.2, 0.25) is 11.6 Å². The second-order valence-electron chi connectivity index (χ2n) is 6.03. The number of nitrogens with zero attached hydrogens (tertiary/aromatic N) is 1. The topological polar surface area (TPSA) is 66.8 Å². The highest BCUT2D eigenvalue weighted by Crippen LogP contribution is 2.26. The molecule has 1 heterocycles. The molecule has 1 fully saturated rings. The zero-order valence-electron chi connectivity index (χ0n) is 13.5. The van der Waals surface area contributed by atoms with Gasteiger partial charge in [-0.25, -0.2) is 9.18 Å². The number of carboxylic acids is 1. The molecule has 1 aliphatic rings. The number of aryl methyl sites for hydroxylation is 2. The van der Waals surface area contributed by atoms with Crippen LogP contribution in [0.5, 0.6) is 5.75 Å². The number of rotatable bonds is 6. The van der Waals surface area contributed by atoms with Crippen LogP contribution in [0.25, 0.3) is 0 Å². The quantitative estimate of drug-likeness (QED) is 0.817. The number of benzene rings is 1. The normalized spacial score (nSPS) is 20.6. The van der Waals surface area contributed by atoms with Crippen LogP contribution in [0.4, 0.5) is 4.39 Å². The lowest BCUT2D eigenvalue weighted by atomic mass is 10.1. The van der Waals surface area contributed by atoms with Gasteiger partial charge in [0, 0.05) is 19.4 Å². The Labute approximate surface area is 135 Å². The Bertz CT molecular complexity index is 604. The lowest BCUT2D eigenvalue weighted by molar-refractivity contribution is -0.150. The van der Waals surface area contributed by atoms with Crippen LogP contribution in [0.15, 0.2) is 18.2 Å². The number of alkyl halides is 1. The largest absolute Gasteiger partial charge is 0.494 e. The summed E-state index contributed by atoms with van der Waals surface area (Å²) in [6.45, 7) is 4.21. The number of amides is 1. The van der Waals surface area contributed by atoms with E-state index in [4.69, 9.17) is 9.84 Å². The van der Waals surface area contributed by atoms with Gasteiger partial charge in [-0.3, -0.25) is 4.79 Å². The van der Waals surface area contributed by atoms with Crippen molar-refractivity contribution >= 4 is 11.9 Å². The summed E-state index contributed by atoms with van der Waals surface area (Å²) in [6.07, 6.45) is 0.586. The molecule has 1 unspecified atom stereocenters. The Hall–Kier alpha value is -2.11. The van der Waals surface area contributed by atoms with Crippen molar-refractivity contribution in [1.29, 1.82) is 0 Å². The first kappa shape index (κ1) is 17.2. The maximum Gasteiger partial charge on any atom is 0.343 e. The van der Waals surface area contributed by atoms with E-state index >= 15 is 0 Å². The molecule has 1 aliphatic heterocycles. The Morgan fingerprint density at radius 1 is 1.35 bits per heavy atom. The maximum atomic E-state index is 13.9. The number of hydrogen-bond acceptors (Lipinski definition) is 3. The molecule has 126 valence electrons. The molecule has 0 spiro atoms. The van der Waals surface area contributed by atoms with E-state index in [9.17, 15) is 14.0 Å². The number of halogens is 1. The molecule has 0 aromatic heterocycles. The van der Waals surface area contributed by atoms with E-state index in [0.29, 0.717) is 13.0 Å². The van der Waals surface area contributed by atoms with E-state index < -0.39 is 11.6 Å². The van der Waals surface area contributed by atoms with Gasteiger partial charge in [0.25, 0.3) is 0 Å². The van der Waals surface area contributed by atoms with Gasteiger partial charge in [-0.05, 0) is 43.5 Å². The number of aliphatic carboxylic acids is 1. The molecule has 0 radical (unpaired) electrons. The molecule has 1 amide bonds. The molecule has 0 aliphatic carbocycles. The third kappa shape index (κ3) is 4.21. The minimum atomic E-state index is -2.30. The van der Waals surface area contributed by atoms with Gasteiger partial charge in [-0.2, -0.15) is 0 Å². The summed E-state index contributed by atoms with van der Waals surface area (Å²) >= 11 is 0. The molecule has 23 heavy (non-hydrogen) atoms. The third-order valence-electron chi connectivity index (χ3n) is 4.24. The Balaban J connectivity index is 1.73. The first-order valence-corrected chi connectivity index (χ1v) is 7.72. The van der Waals surface area contributed by atoms with Gasteiger partial charge < -0.3 is 14.7 Å². The summed E-state index contributed by atoms with van der Waals surface area (Å²) < 4.78 is 19.5. The van der Waals surface area contributed by atoms with E-state index in [2.05, 4.69) is 0 Å². The predicted octanol–water partition coefficient (Wildman–Crippen LogP) is 2.49. The Morgan fingerprint density at radius 2 is 2.09 bits per heavy atom. The minimum Gasteiger partial charge on any atom is -0.494 e. The number of carbonyl (C=O) groups is 2. The van der Waals surface area contributed by atoms with Crippen LogP contribution in [0.3, 0.4) is 0 Å². The first-order valence-electron chi connectivity index (χ1n) is 7.72. The lowest BCUT2D eigenvalue weighted by Gasteiger charge is -2.17. The molecule has 5 nitrogen and oxygen atoms in total. The van der Waals surface area contributed by atoms with Crippen molar-refractivity contribution < 1.29 is 23.8 Å². The van der Waals surface area contributed by atoms with E-state index in [-0.39, 0.29) is 31.8 Å². The molecule has 2 rings (SSSR count). The van der Waals surface area contributed by atoms with Crippen molar-refractivity contribution in [3.05, 3.63) is 29.3 Å². The molecule has 6 heteroatoms. The van der Waals surface area contributed by atoms with Crippen LogP contribution < -0.4 is 4.74 Å². The number of hydrogen-bond donors (Lipinski definition) is 1. The smallest absolute Gasteiger partial charge is 0.343 e. The number of likely N-dealkylation sites (tertiary alicyclic amines) is 1. The SMILES string of the molecule is Cc1ccc(OCCCC(=O)N2CCC(F)(C(=O)O)C2)cc1C. The number of carboxylic acid groups (broad SMARTS) is 1. The van der Waals surface area contributed by atoms with E-state index in [0.717, 1.165) is 11.3 Å². The summed E-state index contributed by atoms with van der Waals surface area (Å²) in [5.41, 5.74) is 0.0317. The summed E-state index contributed by atoms with van der Waals surface area (Å²) in [5.74, 6) is -0.962. The number of carbonyl (C=O) groups excluding carboxylic acids is 1. The van der Waals surface area contributed by atoms with Crippen LogP contribution >= 0.6 is 0 Å². The Kier molecular flexibility index (Phi) is 5.23. The molecule has 1 atom stereocenters. The van der Waals surface area contributed by atoms with Crippen LogP contribution in [-0.4, -0.2) is 47.2 Å². The third-order valence-corrected chi connectivity index (χ3v) is 4.24. The Morgan fingerprint density at radius 3 is 2.70 bits per heavy atom. The second kappa shape index (κ2) is 6.98. The van der Waals surface area contributed by atoms with Gasteiger partial charge in [0.1, 0.15) is 5.75 Å². The highest BCUT2D eigenvalue weighted by molar-refractivity contribution is 5.82. The summed E-state index contributed by atoms with van der Waals surface area (Å²) in [6, 6.07) is 5.81. The fourth-order valence-corrected chi connectivity index (χ4v) is 2.54. The number of ether oxygens (including phenoxy) is 1. The zero-order valence-corrected chi connectivity index (χ0v) is 13.5. The van der Waals surface area contributed by atoms with Gasteiger partial charge in [-0.1, -0.05) is 6.07 Å². The van der Waals surface area contributed by atoms with Gasteiger partial charge >= 0.3 is 5.97 Å². The molecule has 1 saturated heterocycles. The molecular formula is C17H22FNO4. The summed E-state index contributed by atoms with van der Waals surface area (Å²) in [5, 5.41) is 8.82. The molecule has 1 aromatic rings. The summed E-state index contributed by atoms with van der Waals surface area (Å²) in [7, 11) is 0. The minimum absolute atomic E-state index is 0.146. The molecule has 0 bridgehead atoms. The van der Waals surface area contributed by atoms with Crippen molar-refractivity contribution in [2.24, 2.45) is 0 Å². The molecular weight excluding hydrogens is 301 g/mol. The van der Waals surface area contributed by atoms with Crippen LogP contribution in [0.1, 0.15) is 30.4 Å². The monoisotopic (exact) mass is 323 g/mol. The highest BCUT2D eigenvalue weighted by Gasteiger charge is 2.46. The van der Waals surface area contributed by atoms with Gasteiger partial charge in [-0.15, -0.1) is 0 Å². The standard InChI is InChI=1S/C17H22FNO4/c1-12-5-6-14(10-13(12)2)23-9-3-4-15(20)19-8-7-17(18,11-19)16(21)22/h5-6,10H,3-4,7-9,11H2,1-2H3,(H,21,22). The first-order chi connectivity index (χ1) is 10.8. The van der Waals surface area contributed by atoms with E-state index in [1.165, 1.54) is 10.5 Å². The van der Waals surface area contributed by atoms with E-state index in [1.807, 2.05) is 32.0 Å². The molecule has 1 N–H and O–H groups in total. The van der Waals surface area contributed by atoms with Crippen molar-refractivity contribution in [2.75, 3.05) is 19.7 Å². The van der Waals surface area contributed by atoms with Crippen molar-refractivity contribution in [1.82, 2.24) is 4.90 Å². The van der Waals surface area contributed by atoms with Gasteiger partial charge in [0.15, 0.2) is 0 Å². The maximum absolute atomic E-state index is 13.9. The van der Waals surface area contributed by atoms with Crippen LogP contribution in [0.2, 0.25) is 0 Å². The summed E-state index contributed by atoms with van der Waals surface area (Å²) in [4.78, 5) is 24.1. The average Bonchev–Trinajstić information content (AvgIpc) is 2.91. The van der Waals surface area contributed by atoms with Crippen LogP contribution in [0, 0.1) is 13.8 Å². The zero-order chi connectivity index (χ0) is 17.0. The average molecular weight is 323 g/mol. The van der Waals surface area contributed by atoms with E-state index in [1.54, 1.807) is 0 Å². The second-order valence-corrected chi connectivity index (χ2v) is 6.03. The molecule has 0 saturated carbocycles. The predicted molar refractivity (Wildman–Crippen MR) is 83.3 cm³/mol. The molecule has 1 aromatic carbocycles. The van der Waals surface area contributed by atoms with Crippen molar-refractivity contribution in [3.63, 3.8) is 0 Å². The van der Waals surface area contributed by atoms with Crippen molar-refractivity contribution in [3.8, 4) is 5.75 Å². The van der Waals surface area contributed by atoms with Gasteiger partial charge in [0.05, 0.1) is 13.2 Å². The highest BCUT2D eigenvalue weighted by atomic mass is 19.1. The van der Waals surface area contributed by atoms with Crippen molar-refractivity contribution in [2.45, 2.75) is 38.8 Å². The van der Waals surface area contributed by atoms with Crippen LogP contribution in [-0.2, 0) is 9.59 Å². The lowest BCUT2D eigenvalue weighted by Crippen LogP contribution is -2.38.